The Labute approximate surface area is 104 Å². The maximum atomic E-state index is 5.89. The van der Waals surface area contributed by atoms with Gasteiger partial charge in [-0.3, -0.25) is 0 Å². The highest BCUT2D eigenvalue weighted by Crippen LogP contribution is 2.39. The Morgan fingerprint density at radius 3 is 2.35 bits per heavy atom. The molecule has 0 amide bonds. The van der Waals surface area contributed by atoms with Crippen molar-refractivity contribution in [1.29, 1.82) is 0 Å². The summed E-state index contributed by atoms with van der Waals surface area (Å²) in [6.45, 7) is 6.84. The molecular weight excluding hydrogens is 206 g/mol. The van der Waals surface area contributed by atoms with E-state index in [9.17, 15) is 0 Å². The Kier molecular flexibility index (Phi) is 3.10. The van der Waals surface area contributed by atoms with Crippen LogP contribution in [0.1, 0.15) is 32.8 Å². The smallest absolute Gasteiger partial charge is 0.0111 e. The van der Waals surface area contributed by atoms with Crippen LogP contribution < -0.4 is 5.73 Å². The molecule has 1 aliphatic rings. The van der Waals surface area contributed by atoms with Gasteiger partial charge < -0.3 is 5.73 Å². The second-order valence-electron chi connectivity index (χ2n) is 5.46. The van der Waals surface area contributed by atoms with E-state index >= 15 is 0 Å². The number of rotatable bonds is 2. The zero-order valence-corrected chi connectivity index (χ0v) is 10.9. The molecule has 0 aliphatic heterocycles. The summed E-state index contributed by atoms with van der Waals surface area (Å²) in [5.74, 6) is 0.523. The van der Waals surface area contributed by atoms with Gasteiger partial charge in [0.1, 0.15) is 0 Å². The molecule has 1 aromatic rings. The first-order valence-corrected chi connectivity index (χ1v) is 6.24. The average molecular weight is 227 g/mol. The minimum absolute atomic E-state index is 0.0812. The maximum Gasteiger partial charge on any atom is 0.0111 e. The molecule has 0 saturated carbocycles. The first kappa shape index (κ1) is 12.0. The van der Waals surface area contributed by atoms with Crippen molar-refractivity contribution in [2.45, 2.75) is 32.6 Å². The maximum absolute atomic E-state index is 5.89. The summed E-state index contributed by atoms with van der Waals surface area (Å²) in [6.07, 6.45) is 5.23. The zero-order valence-electron chi connectivity index (χ0n) is 10.9. The monoisotopic (exact) mass is 227 g/mol. The summed E-state index contributed by atoms with van der Waals surface area (Å²) < 4.78 is 0. The lowest BCUT2D eigenvalue weighted by Gasteiger charge is -2.34. The first-order chi connectivity index (χ1) is 8.01. The minimum Gasteiger partial charge on any atom is -0.402 e. The van der Waals surface area contributed by atoms with Crippen LogP contribution in [-0.4, -0.2) is 0 Å². The highest BCUT2D eigenvalue weighted by atomic mass is 14.6. The van der Waals surface area contributed by atoms with Crippen LogP contribution in [-0.2, 0) is 5.41 Å². The molecule has 90 valence electrons. The van der Waals surface area contributed by atoms with Gasteiger partial charge >= 0.3 is 0 Å². The number of hydrogen-bond donors (Lipinski definition) is 1. The molecule has 2 N–H and O–H groups in total. The van der Waals surface area contributed by atoms with Crippen LogP contribution in [0.2, 0.25) is 0 Å². The average Bonchev–Trinajstić information content (AvgIpc) is 2.29. The van der Waals surface area contributed by atoms with Gasteiger partial charge in [0.2, 0.25) is 0 Å². The molecule has 1 aliphatic carbocycles. The first-order valence-electron chi connectivity index (χ1n) is 6.24. The van der Waals surface area contributed by atoms with E-state index in [0.717, 1.165) is 12.1 Å². The molecule has 0 heterocycles. The molecule has 0 unspecified atom stereocenters. The molecule has 0 radical (unpaired) electrons. The molecule has 1 atom stereocenters. The van der Waals surface area contributed by atoms with E-state index < -0.39 is 0 Å². The molecule has 0 spiro atoms. The van der Waals surface area contributed by atoms with Crippen molar-refractivity contribution in [3.63, 3.8) is 0 Å². The third-order valence-electron chi connectivity index (χ3n) is 3.77. The fourth-order valence-electron chi connectivity index (χ4n) is 2.74. The Morgan fingerprint density at radius 2 is 1.76 bits per heavy atom. The Balaban J connectivity index is 2.39. The highest BCUT2D eigenvalue weighted by molar-refractivity contribution is 5.39. The second-order valence-corrected chi connectivity index (χ2v) is 5.46. The van der Waals surface area contributed by atoms with Crippen LogP contribution in [0, 0.1) is 5.92 Å². The van der Waals surface area contributed by atoms with Gasteiger partial charge in [0, 0.05) is 11.1 Å². The molecule has 0 saturated heterocycles. The van der Waals surface area contributed by atoms with E-state index in [1.165, 1.54) is 11.1 Å². The summed E-state index contributed by atoms with van der Waals surface area (Å²) in [5, 5.41) is 0. The van der Waals surface area contributed by atoms with Crippen molar-refractivity contribution < 1.29 is 0 Å². The lowest BCUT2D eigenvalue weighted by molar-refractivity contribution is 0.506. The van der Waals surface area contributed by atoms with E-state index in [1.54, 1.807) is 0 Å². The topological polar surface area (TPSA) is 26.0 Å². The van der Waals surface area contributed by atoms with Crippen LogP contribution >= 0.6 is 0 Å². The van der Waals surface area contributed by atoms with Gasteiger partial charge in [0.05, 0.1) is 0 Å². The normalized spacial score (nSPS) is 20.8. The van der Waals surface area contributed by atoms with Gasteiger partial charge in [-0.15, -0.1) is 0 Å². The standard InChI is InChI=1S/C16H21N/c1-12-11-14(17)9-10-15(12)16(2,3)13-7-5-4-6-8-13/h4-10,12H,11,17H2,1-3H3/t12-/m0/s1. The van der Waals surface area contributed by atoms with Crippen molar-refractivity contribution in [1.82, 2.24) is 0 Å². The van der Waals surface area contributed by atoms with E-state index in [2.05, 4.69) is 63.3 Å². The van der Waals surface area contributed by atoms with Crippen molar-refractivity contribution >= 4 is 0 Å². The van der Waals surface area contributed by atoms with Gasteiger partial charge in [-0.2, -0.15) is 0 Å². The fraction of sp³-hybridized carbons (Fsp3) is 0.375. The van der Waals surface area contributed by atoms with E-state index in [1.807, 2.05) is 0 Å². The third kappa shape index (κ3) is 2.28. The lowest BCUT2D eigenvalue weighted by atomic mass is 9.70. The fourth-order valence-corrected chi connectivity index (χ4v) is 2.74. The molecule has 17 heavy (non-hydrogen) atoms. The Bertz CT molecular complexity index is 452. The molecule has 0 bridgehead atoms. The van der Waals surface area contributed by atoms with Crippen LogP contribution in [0.15, 0.2) is 53.8 Å². The summed E-state index contributed by atoms with van der Waals surface area (Å²) >= 11 is 0. The van der Waals surface area contributed by atoms with Gasteiger partial charge in [0.15, 0.2) is 0 Å². The Hall–Kier alpha value is -1.50. The second kappa shape index (κ2) is 4.40. The molecular formula is C16H21N. The highest BCUT2D eigenvalue weighted by Gasteiger charge is 2.30. The van der Waals surface area contributed by atoms with Crippen LogP contribution in [0.5, 0.6) is 0 Å². The summed E-state index contributed by atoms with van der Waals surface area (Å²) in [6, 6.07) is 10.7. The summed E-state index contributed by atoms with van der Waals surface area (Å²) in [7, 11) is 0. The number of allylic oxidation sites excluding steroid dienone is 4. The third-order valence-corrected chi connectivity index (χ3v) is 3.77. The molecule has 0 fully saturated rings. The SMILES string of the molecule is C[C@H]1CC(N)=CC=C1C(C)(C)c1ccccc1. The van der Waals surface area contributed by atoms with E-state index in [-0.39, 0.29) is 5.41 Å². The van der Waals surface area contributed by atoms with Crippen molar-refractivity contribution in [2.24, 2.45) is 11.7 Å². The van der Waals surface area contributed by atoms with Gasteiger partial charge in [-0.05, 0) is 24.0 Å². The molecule has 2 rings (SSSR count). The molecule has 1 heteroatoms. The number of nitrogens with two attached hydrogens (primary N) is 1. The van der Waals surface area contributed by atoms with E-state index in [4.69, 9.17) is 5.73 Å². The summed E-state index contributed by atoms with van der Waals surface area (Å²) in [4.78, 5) is 0. The molecule has 0 aromatic heterocycles. The van der Waals surface area contributed by atoms with Crippen molar-refractivity contribution in [3.8, 4) is 0 Å². The number of hydrogen-bond acceptors (Lipinski definition) is 1. The lowest BCUT2D eigenvalue weighted by Crippen LogP contribution is -2.27. The Morgan fingerprint density at radius 1 is 1.12 bits per heavy atom. The molecule has 1 aromatic carbocycles. The van der Waals surface area contributed by atoms with Gasteiger partial charge in [0.25, 0.3) is 0 Å². The predicted octanol–water partition coefficient (Wildman–Crippen LogP) is 3.77. The van der Waals surface area contributed by atoms with Gasteiger partial charge in [-0.1, -0.05) is 62.8 Å². The number of benzene rings is 1. The zero-order chi connectivity index (χ0) is 12.5. The van der Waals surface area contributed by atoms with Crippen molar-refractivity contribution in [2.75, 3.05) is 0 Å². The van der Waals surface area contributed by atoms with Gasteiger partial charge in [-0.25, -0.2) is 0 Å². The molecule has 1 nitrogen and oxygen atoms in total. The van der Waals surface area contributed by atoms with Crippen molar-refractivity contribution in [3.05, 3.63) is 59.3 Å². The largest absolute Gasteiger partial charge is 0.402 e. The van der Waals surface area contributed by atoms with Crippen LogP contribution in [0.25, 0.3) is 0 Å². The minimum atomic E-state index is 0.0812. The van der Waals surface area contributed by atoms with Crippen LogP contribution in [0.3, 0.4) is 0 Å². The quantitative estimate of drug-likeness (QED) is 0.817. The summed E-state index contributed by atoms with van der Waals surface area (Å²) in [5.41, 5.74) is 9.80. The predicted molar refractivity (Wildman–Crippen MR) is 73.6 cm³/mol. The van der Waals surface area contributed by atoms with E-state index in [0.29, 0.717) is 5.92 Å². The van der Waals surface area contributed by atoms with Crippen LogP contribution in [0.4, 0.5) is 0 Å².